The Labute approximate surface area is 86.5 Å². The minimum absolute atomic E-state index is 0.725. The number of hydrogen-bond acceptors (Lipinski definition) is 2. The van der Waals surface area contributed by atoms with Gasteiger partial charge in [-0.2, -0.15) is 5.10 Å². The van der Waals surface area contributed by atoms with Gasteiger partial charge in [-0.05, 0) is 25.5 Å². The standard InChI is InChI=1S/C11H21N3/c1-9(2)8-12-6-5-11-7-10(3)13-14(11)4/h7,9,12H,5-6,8H2,1-4H3. The maximum Gasteiger partial charge on any atom is 0.0596 e. The number of rotatable bonds is 5. The molecule has 0 radical (unpaired) electrons. The normalized spacial score (nSPS) is 11.2. The molecule has 0 atom stereocenters. The van der Waals surface area contributed by atoms with Crippen molar-refractivity contribution in [2.24, 2.45) is 13.0 Å². The van der Waals surface area contributed by atoms with Crippen molar-refractivity contribution < 1.29 is 0 Å². The van der Waals surface area contributed by atoms with E-state index >= 15 is 0 Å². The van der Waals surface area contributed by atoms with Gasteiger partial charge in [0.2, 0.25) is 0 Å². The molecule has 0 saturated heterocycles. The first-order chi connectivity index (χ1) is 6.59. The zero-order chi connectivity index (χ0) is 10.6. The number of hydrogen-bond donors (Lipinski definition) is 1. The fourth-order valence-corrected chi connectivity index (χ4v) is 1.51. The van der Waals surface area contributed by atoms with Crippen LogP contribution < -0.4 is 5.32 Å². The van der Waals surface area contributed by atoms with Crippen molar-refractivity contribution in [1.29, 1.82) is 0 Å². The summed E-state index contributed by atoms with van der Waals surface area (Å²) in [6.07, 6.45) is 1.06. The second-order valence-electron chi connectivity index (χ2n) is 4.25. The van der Waals surface area contributed by atoms with Crippen molar-refractivity contribution in [3.05, 3.63) is 17.5 Å². The lowest BCUT2D eigenvalue weighted by atomic mass is 10.2. The van der Waals surface area contributed by atoms with Gasteiger partial charge in [-0.3, -0.25) is 4.68 Å². The molecule has 0 unspecified atom stereocenters. The Bertz CT molecular complexity index is 276. The van der Waals surface area contributed by atoms with E-state index in [0.717, 1.165) is 31.1 Å². The van der Waals surface area contributed by atoms with Crippen LogP contribution in [-0.2, 0) is 13.5 Å². The average molecular weight is 195 g/mol. The van der Waals surface area contributed by atoms with Crippen LogP contribution in [0.2, 0.25) is 0 Å². The lowest BCUT2D eigenvalue weighted by Crippen LogP contribution is -2.22. The van der Waals surface area contributed by atoms with E-state index < -0.39 is 0 Å². The highest BCUT2D eigenvalue weighted by Gasteiger charge is 2.01. The third kappa shape index (κ3) is 3.50. The molecule has 0 aliphatic rings. The van der Waals surface area contributed by atoms with E-state index in [1.165, 1.54) is 5.69 Å². The van der Waals surface area contributed by atoms with E-state index in [0.29, 0.717) is 0 Å². The molecule has 0 aliphatic carbocycles. The number of nitrogens with zero attached hydrogens (tertiary/aromatic N) is 2. The molecular weight excluding hydrogens is 174 g/mol. The van der Waals surface area contributed by atoms with Crippen LogP contribution in [0.4, 0.5) is 0 Å². The van der Waals surface area contributed by atoms with Crippen LogP contribution >= 0.6 is 0 Å². The maximum absolute atomic E-state index is 4.31. The summed E-state index contributed by atoms with van der Waals surface area (Å²) in [6, 6.07) is 2.15. The summed E-state index contributed by atoms with van der Waals surface area (Å²) in [4.78, 5) is 0. The summed E-state index contributed by atoms with van der Waals surface area (Å²) in [5.41, 5.74) is 2.41. The first kappa shape index (κ1) is 11.2. The third-order valence-electron chi connectivity index (χ3n) is 2.21. The van der Waals surface area contributed by atoms with Crippen molar-refractivity contribution >= 4 is 0 Å². The van der Waals surface area contributed by atoms with Crippen LogP contribution in [0.25, 0.3) is 0 Å². The Morgan fingerprint density at radius 1 is 1.50 bits per heavy atom. The largest absolute Gasteiger partial charge is 0.316 e. The SMILES string of the molecule is Cc1cc(CCNCC(C)C)n(C)n1. The van der Waals surface area contributed by atoms with Crippen LogP contribution in [0.5, 0.6) is 0 Å². The Hall–Kier alpha value is -0.830. The van der Waals surface area contributed by atoms with E-state index in [4.69, 9.17) is 0 Å². The highest BCUT2D eigenvalue weighted by atomic mass is 15.3. The molecule has 0 fully saturated rings. The molecule has 1 aromatic rings. The van der Waals surface area contributed by atoms with Gasteiger partial charge in [0.1, 0.15) is 0 Å². The van der Waals surface area contributed by atoms with Crippen molar-refractivity contribution in [3.63, 3.8) is 0 Å². The Morgan fingerprint density at radius 2 is 2.21 bits per heavy atom. The molecule has 0 aromatic carbocycles. The molecule has 0 aliphatic heterocycles. The molecule has 1 aromatic heterocycles. The molecule has 1 heterocycles. The molecule has 3 nitrogen and oxygen atoms in total. The highest BCUT2D eigenvalue weighted by molar-refractivity contribution is 5.08. The summed E-state index contributed by atoms with van der Waals surface area (Å²) in [5, 5.41) is 7.74. The molecule has 1 N–H and O–H groups in total. The van der Waals surface area contributed by atoms with Gasteiger partial charge in [0.15, 0.2) is 0 Å². The summed E-state index contributed by atoms with van der Waals surface area (Å²) < 4.78 is 1.96. The second-order valence-corrected chi connectivity index (χ2v) is 4.25. The van der Waals surface area contributed by atoms with Crippen molar-refractivity contribution in [1.82, 2.24) is 15.1 Å². The molecule has 0 spiro atoms. The molecular formula is C11H21N3. The summed E-state index contributed by atoms with van der Waals surface area (Å²) in [6.45, 7) is 8.61. The lowest BCUT2D eigenvalue weighted by molar-refractivity contribution is 0.547. The van der Waals surface area contributed by atoms with Gasteiger partial charge in [-0.1, -0.05) is 13.8 Å². The lowest BCUT2D eigenvalue weighted by Gasteiger charge is -2.06. The Morgan fingerprint density at radius 3 is 2.71 bits per heavy atom. The third-order valence-corrected chi connectivity index (χ3v) is 2.21. The molecule has 0 bridgehead atoms. The van der Waals surface area contributed by atoms with Gasteiger partial charge in [0, 0.05) is 25.7 Å². The first-order valence-corrected chi connectivity index (χ1v) is 5.30. The topological polar surface area (TPSA) is 29.9 Å². The number of aryl methyl sites for hydroxylation is 2. The molecule has 0 amide bonds. The van der Waals surface area contributed by atoms with Crippen molar-refractivity contribution in [3.8, 4) is 0 Å². The zero-order valence-corrected chi connectivity index (χ0v) is 9.67. The fourth-order valence-electron chi connectivity index (χ4n) is 1.51. The second kappa shape index (κ2) is 5.15. The van der Waals surface area contributed by atoms with E-state index in [1.807, 2.05) is 18.7 Å². The quantitative estimate of drug-likeness (QED) is 0.722. The Kier molecular flexibility index (Phi) is 4.14. The maximum atomic E-state index is 4.31. The van der Waals surface area contributed by atoms with Gasteiger partial charge in [0.05, 0.1) is 5.69 Å². The van der Waals surface area contributed by atoms with Gasteiger partial charge >= 0.3 is 0 Å². The van der Waals surface area contributed by atoms with Crippen LogP contribution in [0, 0.1) is 12.8 Å². The van der Waals surface area contributed by atoms with Gasteiger partial charge < -0.3 is 5.32 Å². The van der Waals surface area contributed by atoms with E-state index in [-0.39, 0.29) is 0 Å². The van der Waals surface area contributed by atoms with E-state index in [9.17, 15) is 0 Å². The van der Waals surface area contributed by atoms with Crippen LogP contribution in [0.1, 0.15) is 25.2 Å². The average Bonchev–Trinajstić information content (AvgIpc) is 2.39. The van der Waals surface area contributed by atoms with E-state index in [2.05, 4.69) is 30.3 Å². The summed E-state index contributed by atoms with van der Waals surface area (Å²) in [7, 11) is 2.00. The fraction of sp³-hybridized carbons (Fsp3) is 0.727. The predicted octanol–water partition coefficient (Wildman–Crippen LogP) is 1.52. The molecule has 14 heavy (non-hydrogen) atoms. The van der Waals surface area contributed by atoms with Crippen molar-refractivity contribution in [2.75, 3.05) is 13.1 Å². The molecule has 3 heteroatoms. The van der Waals surface area contributed by atoms with Crippen LogP contribution in [0.3, 0.4) is 0 Å². The van der Waals surface area contributed by atoms with Gasteiger partial charge in [-0.25, -0.2) is 0 Å². The summed E-state index contributed by atoms with van der Waals surface area (Å²) >= 11 is 0. The van der Waals surface area contributed by atoms with Gasteiger partial charge in [-0.15, -0.1) is 0 Å². The minimum atomic E-state index is 0.725. The first-order valence-electron chi connectivity index (χ1n) is 5.30. The number of aromatic nitrogens is 2. The zero-order valence-electron chi connectivity index (χ0n) is 9.67. The highest BCUT2D eigenvalue weighted by Crippen LogP contribution is 2.01. The summed E-state index contributed by atoms with van der Waals surface area (Å²) in [5.74, 6) is 0.725. The monoisotopic (exact) mass is 195 g/mol. The molecule has 80 valence electrons. The number of nitrogens with one attached hydrogen (secondary N) is 1. The smallest absolute Gasteiger partial charge is 0.0596 e. The molecule has 0 saturated carbocycles. The Balaban J connectivity index is 2.28. The van der Waals surface area contributed by atoms with Crippen LogP contribution in [0.15, 0.2) is 6.07 Å². The molecule has 1 rings (SSSR count). The minimum Gasteiger partial charge on any atom is -0.316 e. The van der Waals surface area contributed by atoms with Crippen LogP contribution in [-0.4, -0.2) is 22.9 Å². The van der Waals surface area contributed by atoms with Crippen molar-refractivity contribution in [2.45, 2.75) is 27.2 Å². The predicted molar refractivity (Wildman–Crippen MR) is 59.4 cm³/mol. The van der Waals surface area contributed by atoms with E-state index in [1.54, 1.807) is 0 Å². The van der Waals surface area contributed by atoms with Gasteiger partial charge in [0.25, 0.3) is 0 Å².